The van der Waals surface area contributed by atoms with Gasteiger partial charge in [0.05, 0.1) is 10.8 Å². The van der Waals surface area contributed by atoms with E-state index in [-0.39, 0.29) is 32.0 Å². The van der Waals surface area contributed by atoms with E-state index >= 15 is 0 Å². The molecule has 2 aromatic carbocycles. The third-order valence-electron chi connectivity index (χ3n) is 5.96. The van der Waals surface area contributed by atoms with Crippen LogP contribution < -0.4 is 0 Å². The molecule has 4 fully saturated rings. The maximum atomic E-state index is 13.8. The number of ketones is 1. The van der Waals surface area contributed by atoms with E-state index in [0.29, 0.717) is 0 Å². The Labute approximate surface area is 147 Å². The lowest BCUT2D eigenvalue weighted by Gasteiger charge is -2.61. The molecule has 128 valence electrons. The van der Waals surface area contributed by atoms with Gasteiger partial charge in [0.15, 0.2) is 5.78 Å². The topological polar surface area (TPSA) is 57.7 Å². The van der Waals surface area contributed by atoms with Crippen molar-refractivity contribution in [2.45, 2.75) is 10.8 Å². The fourth-order valence-electron chi connectivity index (χ4n) is 4.79. The second-order valence-electron chi connectivity index (χ2n) is 7.27. The summed E-state index contributed by atoms with van der Waals surface area (Å²) in [6, 6.07) is 19.3. The first-order chi connectivity index (χ1) is 12.0. The Morgan fingerprint density at radius 3 is 1.40 bits per heavy atom. The van der Waals surface area contributed by atoms with E-state index in [1.807, 2.05) is 60.7 Å². The standard InChI is InChI=1S/C19H18N2O3S/c22-17-18(15-7-3-1-4-8-15)11-20-13-19(17,16-9-5-2-6-10-16)14-21(12-18)25(20,23)24/h1-10H,11-14H2. The van der Waals surface area contributed by atoms with Crippen molar-refractivity contribution in [1.29, 1.82) is 0 Å². The van der Waals surface area contributed by atoms with Crippen molar-refractivity contribution in [2.75, 3.05) is 26.2 Å². The fraction of sp³-hybridized carbons (Fsp3) is 0.316. The molecule has 0 aromatic heterocycles. The van der Waals surface area contributed by atoms with Crippen LogP contribution in [0.25, 0.3) is 0 Å². The monoisotopic (exact) mass is 354 g/mol. The number of rotatable bonds is 2. The van der Waals surface area contributed by atoms with Crippen molar-refractivity contribution in [3.63, 3.8) is 0 Å². The van der Waals surface area contributed by atoms with E-state index in [0.717, 1.165) is 11.1 Å². The van der Waals surface area contributed by atoms with Crippen LogP contribution >= 0.6 is 0 Å². The minimum Gasteiger partial charge on any atom is -0.297 e. The van der Waals surface area contributed by atoms with Crippen molar-refractivity contribution >= 4 is 16.0 Å². The van der Waals surface area contributed by atoms with Crippen molar-refractivity contribution in [3.05, 3.63) is 71.8 Å². The summed E-state index contributed by atoms with van der Waals surface area (Å²) in [5.41, 5.74) is 0.229. The average Bonchev–Trinajstić information content (AvgIpc) is 2.62. The minimum absolute atomic E-state index is 0.153. The van der Waals surface area contributed by atoms with E-state index in [2.05, 4.69) is 0 Å². The zero-order valence-electron chi connectivity index (χ0n) is 13.6. The number of carbonyl (C=O) groups is 1. The highest BCUT2D eigenvalue weighted by Crippen LogP contribution is 2.51. The van der Waals surface area contributed by atoms with Gasteiger partial charge in [-0.05, 0) is 11.1 Å². The largest absolute Gasteiger partial charge is 0.297 e. The molecule has 4 bridgehead atoms. The first-order valence-electron chi connectivity index (χ1n) is 8.40. The highest BCUT2D eigenvalue weighted by atomic mass is 32.2. The van der Waals surface area contributed by atoms with Crippen LogP contribution in [-0.4, -0.2) is 49.0 Å². The highest BCUT2D eigenvalue weighted by Gasteiger charge is 2.68. The molecular formula is C19H18N2O3S. The van der Waals surface area contributed by atoms with Crippen molar-refractivity contribution in [3.8, 4) is 0 Å². The Balaban J connectivity index is 1.75. The summed E-state index contributed by atoms with van der Waals surface area (Å²) in [5.74, 6) is 0.153. The fourth-order valence-corrected chi connectivity index (χ4v) is 6.65. The lowest BCUT2D eigenvalue weighted by Crippen LogP contribution is -2.80. The van der Waals surface area contributed by atoms with Crippen LogP contribution in [0.3, 0.4) is 0 Å². The van der Waals surface area contributed by atoms with Gasteiger partial charge in [0.2, 0.25) is 0 Å². The molecule has 0 atom stereocenters. The van der Waals surface area contributed by atoms with E-state index in [9.17, 15) is 13.2 Å². The van der Waals surface area contributed by atoms with E-state index in [1.165, 1.54) is 8.61 Å². The predicted octanol–water partition coefficient (Wildman–Crippen LogP) is 1.32. The Morgan fingerprint density at radius 1 is 0.680 bits per heavy atom. The van der Waals surface area contributed by atoms with Gasteiger partial charge in [0, 0.05) is 26.2 Å². The van der Waals surface area contributed by atoms with E-state index in [4.69, 9.17) is 0 Å². The Bertz CT molecular complexity index is 873. The van der Waals surface area contributed by atoms with Crippen LogP contribution in [0.15, 0.2) is 60.7 Å². The molecule has 0 saturated carbocycles. The third kappa shape index (κ3) is 1.79. The summed E-state index contributed by atoms with van der Waals surface area (Å²) in [5, 5.41) is 0. The zero-order chi connectivity index (χ0) is 17.3. The van der Waals surface area contributed by atoms with Gasteiger partial charge in [0.1, 0.15) is 0 Å². The second-order valence-corrected chi connectivity index (χ2v) is 9.20. The van der Waals surface area contributed by atoms with Gasteiger partial charge in [-0.25, -0.2) is 0 Å². The average molecular weight is 354 g/mol. The zero-order valence-corrected chi connectivity index (χ0v) is 14.4. The number of hydrogen-bond donors (Lipinski definition) is 0. The summed E-state index contributed by atoms with van der Waals surface area (Å²) in [6.07, 6.45) is 0. The van der Waals surface area contributed by atoms with Gasteiger partial charge in [-0.1, -0.05) is 60.7 Å². The molecule has 4 aliphatic rings. The lowest BCUT2D eigenvalue weighted by atomic mass is 9.58. The summed E-state index contributed by atoms with van der Waals surface area (Å²) < 4.78 is 28.5. The molecule has 4 aliphatic heterocycles. The molecule has 0 N–H and O–H groups in total. The molecule has 0 spiro atoms. The molecular weight excluding hydrogens is 336 g/mol. The minimum atomic E-state index is -3.47. The molecule has 0 radical (unpaired) electrons. The number of Topliss-reactive ketones (excluding diaryl/α,β-unsaturated/α-hetero) is 1. The van der Waals surface area contributed by atoms with Gasteiger partial charge in [0.25, 0.3) is 10.2 Å². The predicted molar refractivity (Wildman–Crippen MR) is 93.3 cm³/mol. The van der Waals surface area contributed by atoms with Crippen molar-refractivity contribution in [2.24, 2.45) is 0 Å². The van der Waals surface area contributed by atoms with E-state index < -0.39 is 21.0 Å². The number of piperidine rings is 2. The van der Waals surface area contributed by atoms with Gasteiger partial charge < -0.3 is 0 Å². The number of carbonyl (C=O) groups excluding carboxylic acids is 1. The summed E-state index contributed by atoms with van der Waals surface area (Å²) in [6.45, 7) is 0.957. The molecule has 5 nitrogen and oxygen atoms in total. The molecule has 6 rings (SSSR count). The Kier molecular flexibility index (Phi) is 2.92. The molecule has 6 heteroatoms. The van der Waals surface area contributed by atoms with Crippen LogP contribution in [0.5, 0.6) is 0 Å². The highest BCUT2D eigenvalue weighted by molar-refractivity contribution is 7.86. The molecule has 0 unspecified atom stereocenters. The molecule has 0 amide bonds. The molecule has 2 aromatic rings. The van der Waals surface area contributed by atoms with Crippen molar-refractivity contribution in [1.82, 2.24) is 8.61 Å². The van der Waals surface area contributed by atoms with Gasteiger partial charge in [-0.2, -0.15) is 17.0 Å². The second kappa shape index (κ2) is 4.78. The first-order valence-corrected chi connectivity index (χ1v) is 9.80. The smallest absolute Gasteiger partial charge is 0.282 e. The van der Waals surface area contributed by atoms with Crippen LogP contribution in [-0.2, 0) is 25.8 Å². The van der Waals surface area contributed by atoms with Crippen LogP contribution in [0.1, 0.15) is 11.1 Å². The van der Waals surface area contributed by atoms with Crippen LogP contribution in [0.2, 0.25) is 0 Å². The SMILES string of the molecule is O=C1C2(c3ccccc3)CN3CC1(c1ccccc1)CN(C2)S3(=O)=O. The summed E-state index contributed by atoms with van der Waals surface area (Å²) in [7, 11) is -3.47. The molecule has 4 saturated heterocycles. The van der Waals surface area contributed by atoms with E-state index in [1.54, 1.807) is 0 Å². The summed E-state index contributed by atoms with van der Waals surface area (Å²) in [4.78, 5) is 13.8. The molecule has 4 heterocycles. The van der Waals surface area contributed by atoms with Crippen LogP contribution in [0, 0.1) is 0 Å². The van der Waals surface area contributed by atoms with Gasteiger partial charge >= 0.3 is 0 Å². The summed E-state index contributed by atoms with van der Waals surface area (Å²) >= 11 is 0. The first kappa shape index (κ1) is 15.3. The quantitative estimate of drug-likeness (QED) is 0.817. The number of nitrogens with zero attached hydrogens (tertiary/aromatic N) is 2. The normalized spacial score (nSPS) is 38.0. The molecule has 25 heavy (non-hydrogen) atoms. The maximum Gasteiger partial charge on any atom is 0.282 e. The Morgan fingerprint density at radius 2 is 1.04 bits per heavy atom. The molecule has 0 aliphatic carbocycles. The number of benzene rings is 2. The van der Waals surface area contributed by atoms with Gasteiger partial charge in [-0.15, -0.1) is 0 Å². The Hall–Kier alpha value is -2.02. The lowest BCUT2D eigenvalue weighted by molar-refractivity contribution is -0.141. The maximum absolute atomic E-state index is 13.8. The third-order valence-corrected chi connectivity index (χ3v) is 7.78. The van der Waals surface area contributed by atoms with Gasteiger partial charge in [-0.3, -0.25) is 4.79 Å². The number of hydrogen-bond acceptors (Lipinski definition) is 3. The van der Waals surface area contributed by atoms with Crippen LogP contribution in [0.4, 0.5) is 0 Å². The van der Waals surface area contributed by atoms with Crippen molar-refractivity contribution < 1.29 is 13.2 Å².